The zero-order valence-corrected chi connectivity index (χ0v) is 19.7. The molecule has 3 aromatic carbocycles. The Morgan fingerprint density at radius 2 is 1.55 bits per heavy atom. The molecular weight excluding hydrogens is 420 g/mol. The molecule has 0 saturated heterocycles. The molecule has 0 radical (unpaired) electrons. The van der Waals surface area contributed by atoms with E-state index >= 15 is 0 Å². The quantitative estimate of drug-likeness (QED) is 0.399. The molecule has 33 heavy (non-hydrogen) atoms. The summed E-state index contributed by atoms with van der Waals surface area (Å²) in [6.07, 6.45) is 0.640. The number of phenols is 1. The van der Waals surface area contributed by atoms with E-state index in [1.165, 1.54) is 14.2 Å². The monoisotopic (exact) mass is 448 g/mol. The summed E-state index contributed by atoms with van der Waals surface area (Å²) < 4.78 is 23.3. The standard InChI is InChI=1S/C27H28O6/c1-14(2)11-20-24-22(26(31-5)27(32-6)25(20)30-4)23(29)21(15(3)33-24)18-8-7-17-13-19(28)10-9-16(17)12-18/h7-10,12-14,28H,11H2,1-6H3. The van der Waals surface area contributed by atoms with Gasteiger partial charge in [0.15, 0.2) is 11.5 Å². The number of fused-ring (bicyclic) bond motifs is 2. The summed E-state index contributed by atoms with van der Waals surface area (Å²) in [7, 11) is 4.60. The molecule has 0 fully saturated rings. The summed E-state index contributed by atoms with van der Waals surface area (Å²) in [4.78, 5) is 13.9. The van der Waals surface area contributed by atoms with Gasteiger partial charge in [-0.15, -0.1) is 0 Å². The molecule has 0 spiro atoms. The van der Waals surface area contributed by atoms with E-state index in [1.54, 1.807) is 26.2 Å². The minimum Gasteiger partial charge on any atom is -0.508 e. The van der Waals surface area contributed by atoms with Crippen molar-refractivity contribution in [3.8, 4) is 34.1 Å². The smallest absolute Gasteiger partial charge is 0.204 e. The van der Waals surface area contributed by atoms with Gasteiger partial charge in [-0.2, -0.15) is 0 Å². The predicted molar refractivity (Wildman–Crippen MR) is 130 cm³/mol. The molecule has 0 saturated carbocycles. The largest absolute Gasteiger partial charge is 0.508 e. The maximum absolute atomic E-state index is 13.9. The van der Waals surface area contributed by atoms with Crippen molar-refractivity contribution in [3.05, 3.63) is 57.9 Å². The predicted octanol–water partition coefficient (Wildman–Crippen LogP) is 5.85. The minimum absolute atomic E-state index is 0.195. The fraction of sp³-hybridized carbons (Fsp3) is 0.296. The Kier molecular flexibility index (Phi) is 5.93. The highest BCUT2D eigenvalue weighted by Gasteiger charge is 2.28. The maximum Gasteiger partial charge on any atom is 0.204 e. The first-order valence-corrected chi connectivity index (χ1v) is 10.8. The highest BCUT2D eigenvalue weighted by molar-refractivity contribution is 5.96. The normalized spacial score (nSPS) is 11.4. The summed E-state index contributed by atoms with van der Waals surface area (Å²) >= 11 is 0. The Morgan fingerprint density at radius 1 is 0.909 bits per heavy atom. The molecule has 0 aliphatic carbocycles. The topological polar surface area (TPSA) is 78.1 Å². The molecule has 0 amide bonds. The Morgan fingerprint density at radius 3 is 2.18 bits per heavy atom. The van der Waals surface area contributed by atoms with Crippen LogP contribution in [-0.4, -0.2) is 26.4 Å². The van der Waals surface area contributed by atoms with Gasteiger partial charge in [0.25, 0.3) is 0 Å². The molecule has 172 valence electrons. The van der Waals surface area contributed by atoms with Crippen LogP contribution in [0.25, 0.3) is 32.9 Å². The second-order valence-electron chi connectivity index (χ2n) is 8.49. The van der Waals surface area contributed by atoms with Gasteiger partial charge < -0.3 is 23.7 Å². The van der Waals surface area contributed by atoms with Crippen LogP contribution < -0.4 is 19.6 Å². The molecule has 0 unspecified atom stereocenters. The van der Waals surface area contributed by atoms with Crippen LogP contribution in [0.15, 0.2) is 45.6 Å². The first kappa shape index (κ1) is 22.5. The van der Waals surface area contributed by atoms with Crippen molar-refractivity contribution in [2.24, 2.45) is 5.92 Å². The second-order valence-corrected chi connectivity index (χ2v) is 8.49. The van der Waals surface area contributed by atoms with Gasteiger partial charge in [0.1, 0.15) is 22.5 Å². The number of methoxy groups -OCH3 is 3. The molecule has 4 aromatic rings. The van der Waals surface area contributed by atoms with E-state index < -0.39 is 0 Å². The molecule has 1 heterocycles. The zero-order valence-electron chi connectivity index (χ0n) is 19.7. The molecule has 6 nitrogen and oxygen atoms in total. The number of aromatic hydroxyl groups is 1. The number of rotatable bonds is 6. The number of benzene rings is 3. The highest BCUT2D eigenvalue weighted by Crippen LogP contribution is 2.47. The van der Waals surface area contributed by atoms with E-state index in [2.05, 4.69) is 13.8 Å². The van der Waals surface area contributed by atoms with Gasteiger partial charge in [-0.1, -0.05) is 32.0 Å². The van der Waals surface area contributed by atoms with Gasteiger partial charge >= 0.3 is 0 Å². The van der Waals surface area contributed by atoms with Crippen LogP contribution in [0.5, 0.6) is 23.0 Å². The number of phenolic OH excluding ortho intramolecular Hbond substituents is 1. The van der Waals surface area contributed by atoms with Crippen molar-refractivity contribution >= 4 is 21.7 Å². The van der Waals surface area contributed by atoms with Gasteiger partial charge in [-0.25, -0.2) is 0 Å². The van der Waals surface area contributed by atoms with Crippen LogP contribution in [0.3, 0.4) is 0 Å². The third kappa shape index (κ3) is 3.75. The summed E-state index contributed by atoms with van der Waals surface area (Å²) in [6.45, 7) is 5.97. The Bertz CT molecular complexity index is 1410. The summed E-state index contributed by atoms with van der Waals surface area (Å²) in [5.41, 5.74) is 2.22. The number of ether oxygens (including phenoxy) is 3. The van der Waals surface area contributed by atoms with Crippen LogP contribution in [0, 0.1) is 12.8 Å². The number of hydrogen-bond donors (Lipinski definition) is 1. The Hall–Kier alpha value is -3.67. The molecule has 0 bridgehead atoms. The first-order chi connectivity index (χ1) is 15.8. The zero-order chi connectivity index (χ0) is 23.9. The van der Waals surface area contributed by atoms with E-state index in [1.807, 2.05) is 24.3 Å². The average molecular weight is 449 g/mol. The van der Waals surface area contributed by atoms with Crippen LogP contribution in [0.4, 0.5) is 0 Å². The molecule has 1 N–H and O–H groups in total. The second kappa shape index (κ2) is 8.70. The summed E-state index contributed by atoms with van der Waals surface area (Å²) in [5, 5.41) is 11.9. The fourth-order valence-corrected chi connectivity index (χ4v) is 4.43. The van der Waals surface area contributed by atoms with Gasteiger partial charge in [0, 0.05) is 5.56 Å². The van der Waals surface area contributed by atoms with E-state index in [9.17, 15) is 9.90 Å². The van der Waals surface area contributed by atoms with E-state index in [-0.39, 0.29) is 16.9 Å². The third-order valence-electron chi connectivity index (χ3n) is 5.81. The van der Waals surface area contributed by atoms with Crippen LogP contribution >= 0.6 is 0 Å². The Balaban J connectivity index is 2.11. The average Bonchev–Trinajstić information content (AvgIpc) is 2.78. The summed E-state index contributed by atoms with van der Waals surface area (Å²) in [5.74, 6) is 2.17. The van der Waals surface area contributed by atoms with Crippen LogP contribution in [0.1, 0.15) is 25.2 Å². The van der Waals surface area contributed by atoms with Gasteiger partial charge in [0.05, 0.1) is 26.9 Å². The van der Waals surface area contributed by atoms with Gasteiger partial charge in [-0.05, 0) is 53.8 Å². The van der Waals surface area contributed by atoms with Crippen molar-refractivity contribution in [3.63, 3.8) is 0 Å². The summed E-state index contributed by atoms with van der Waals surface area (Å²) in [6, 6.07) is 10.8. The number of aryl methyl sites for hydroxylation is 1. The molecule has 6 heteroatoms. The van der Waals surface area contributed by atoms with Crippen molar-refractivity contribution in [2.45, 2.75) is 27.2 Å². The fourth-order valence-electron chi connectivity index (χ4n) is 4.43. The van der Waals surface area contributed by atoms with E-state index in [0.29, 0.717) is 46.1 Å². The Labute approximate surface area is 192 Å². The highest BCUT2D eigenvalue weighted by atomic mass is 16.5. The van der Waals surface area contributed by atoms with Gasteiger partial charge in [-0.3, -0.25) is 4.79 Å². The molecule has 0 aliphatic heterocycles. The van der Waals surface area contributed by atoms with Crippen LogP contribution in [0.2, 0.25) is 0 Å². The third-order valence-corrected chi connectivity index (χ3v) is 5.81. The minimum atomic E-state index is -0.199. The van der Waals surface area contributed by atoms with Crippen molar-refractivity contribution in [2.75, 3.05) is 21.3 Å². The number of hydrogen-bond acceptors (Lipinski definition) is 6. The maximum atomic E-state index is 13.9. The molecular formula is C27H28O6. The SMILES string of the molecule is COc1c(OC)c(OC)c2c(=O)c(-c3ccc4cc(O)ccc4c3)c(C)oc2c1CC(C)C. The lowest BCUT2D eigenvalue weighted by Crippen LogP contribution is -2.12. The first-order valence-electron chi connectivity index (χ1n) is 10.8. The lowest BCUT2D eigenvalue weighted by atomic mass is 9.95. The van der Waals surface area contributed by atoms with E-state index in [0.717, 1.165) is 21.9 Å². The van der Waals surface area contributed by atoms with Crippen molar-refractivity contribution in [1.82, 2.24) is 0 Å². The van der Waals surface area contributed by atoms with Crippen LogP contribution in [-0.2, 0) is 6.42 Å². The molecule has 0 atom stereocenters. The molecule has 0 aliphatic rings. The molecule has 1 aromatic heterocycles. The molecule has 4 rings (SSSR count). The van der Waals surface area contributed by atoms with E-state index in [4.69, 9.17) is 18.6 Å². The van der Waals surface area contributed by atoms with Crippen molar-refractivity contribution < 1.29 is 23.7 Å². The van der Waals surface area contributed by atoms with Crippen molar-refractivity contribution in [1.29, 1.82) is 0 Å². The van der Waals surface area contributed by atoms with Gasteiger partial charge in [0.2, 0.25) is 11.2 Å². The lowest BCUT2D eigenvalue weighted by Gasteiger charge is -2.20. The lowest BCUT2D eigenvalue weighted by molar-refractivity contribution is 0.323.